The number of fused-ring (bicyclic) bond motifs is 9. The van der Waals surface area contributed by atoms with Crippen molar-refractivity contribution in [1.82, 2.24) is 4.57 Å². The lowest BCUT2D eigenvalue weighted by Crippen LogP contribution is -2.55. The predicted octanol–water partition coefficient (Wildman–Crippen LogP) is 13.9. The summed E-state index contributed by atoms with van der Waals surface area (Å²) in [5.74, 6) is 3.35. The second kappa shape index (κ2) is 11.0. The third kappa shape index (κ3) is 4.06. The van der Waals surface area contributed by atoms with Crippen molar-refractivity contribution >= 4 is 60.8 Å². The molecule has 3 nitrogen and oxygen atoms in total. The van der Waals surface area contributed by atoms with E-state index in [4.69, 9.17) is 4.42 Å². The minimum Gasteiger partial charge on any atom is -0.456 e. The highest BCUT2D eigenvalue weighted by Crippen LogP contribution is 2.69. The average molecular weight is 709 g/mol. The Morgan fingerprint density at radius 2 is 1.02 bits per heavy atom. The van der Waals surface area contributed by atoms with E-state index in [9.17, 15) is 0 Å². The lowest BCUT2D eigenvalue weighted by Gasteiger charge is -2.61. The number of benzene rings is 7. The molecule has 2 aromatic heterocycles. The summed E-state index contributed by atoms with van der Waals surface area (Å²) in [4.78, 5) is 2.44. The van der Waals surface area contributed by atoms with Gasteiger partial charge < -0.3 is 13.9 Å². The fourth-order valence-electron chi connectivity index (χ4n) is 12.5. The Labute approximate surface area is 320 Å². The molecular formula is C52H40N2O. The standard InChI is InChI=1S/C52H40N2O/c1-5-13-46-40(9-1)45-30-38(22-24-47(45)52(46)34-26-32-25-33(28-34)29-35(52)27-32)53(39-21-23-44-43-12-4-8-16-50(43)55-51(44)31-39)36-17-19-37(20-18-36)54-48-14-6-2-10-41(48)42-11-3-7-15-49(42)54/h1-24,30-35H,25-29H2. The zero-order valence-corrected chi connectivity index (χ0v) is 30.7. The van der Waals surface area contributed by atoms with Crippen LogP contribution in [0.25, 0.3) is 60.6 Å². The van der Waals surface area contributed by atoms with Crippen molar-refractivity contribution in [3.8, 4) is 16.8 Å². The van der Waals surface area contributed by atoms with Gasteiger partial charge in [0.15, 0.2) is 0 Å². The molecule has 264 valence electrons. The number of para-hydroxylation sites is 3. The maximum atomic E-state index is 6.49. The van der Waals surface area contributed by atoms with Gasteiger partial charge in [-0.15, -0.1) is 0 Å². The van der Waals surface area contributed by atoms with E-state index < -0.39 is 0 Å². The molecule has 55 heavy (non-hydrogen) atoms. The minimum absolute atomic E-state index is 0.153. The van der Waals surface area contributed by atoms with Gasteiger partial charge in [-0.2, -0.15) is 0 Å². The largest absolute Gasteiger partial charge is 0.456 e. The van der Waals surface area contributed by atoms with Gasteiger partial charge in [0, 0.05) is 55.8 Å². The van der Waals surface area contributed by atoms with Gasteiger partial charge in [0.1, 0.15) is 11.2 Å². The van der Waals surface area contributed by atoms with E-state index in [0.29, 0.717) is 0 Å². The molecule has 0 N–H and O–H groups in total. The molecule has 5 aliphatic rings. The van der Waals surface area contributed by atoms with Gasteiger partial charge in [0.05, 0.1) is 11.0 Å². The summed E-state index contributed by atoms with van der Waals surface area (Å²) in [7, 11) is 0. The van der Waals surface area contributed by atoms with Crippen LogP contribution >= 0.6 is 0 Å². The van der Waals surface area contributed by atoms with E-state index in [2.05, 4.69) is 167 Å². The molecule has 0 amide bonds. The van der Waals surface area contributed by atoms with Gasteiger partial charge >= 0.3 is 0 Å². The maximum absolute atomic E-state index is 6.49. The van der Waals surface area contributed by atoms with Gasteiger partial charge in [0.25, 0.3) is 0 Å². The van der Waals surface area contributed by atoms with Crippen molar-refractivity contribution in [3.63, 3.8) is 0 Å². The number of rotatable bonds is 4. The average Bonchev–Trinajstić information content (AvgIpc) is 3.86. The van der Waals surface area contributed by atoms with Crippen molar-refractivity contribution < 1.29 is 4.42 Å². The summed E-state index contributed by atoms with van der Waals surface area (Å²) in [6, 6.07) is 58.7. The second-order valence-corrected chi connectivity index (χ2v) is 16.9. The third-order valence-corrected chi connectivity index (χ3v) is 14.4. The van der Waals surface area contributed by atoms with E-state index in [1.807, 2.05) is 0 Å². The first-order valence-electron chi connectivity index (χ1n) is 20.3. The predicted molar refractivity (Wildman–Crippen MR) is 226 cm³/mol. The smallest absolute Gasteiger partial charge is 0.137 e. The van der Waals surface area contributed by atoms with Crippen LogP contribution in [0.2, 0.25) is 0 Å². The van der Waals surface area contributed by atoms with Gasteiger partial charge in [0.2, 0.25) is 0 Å². The van der Waals surface area contributed by atoms with Crippen LogP contribution < -0.4 is 4.90 Å². The molecule has 0 saturated heterocycles. The fraction of sp³-hybridized carbons (Fsp3) is 0.192. The number of hydrogen-bond acceptors (Lipinski definition) is 2. The summed E-state index contributed by atoms with van der Waals surface area (Å²) in [5, 5.41) is 4.85. The summed E-state index contributed by atoms with van der Waals surface area (Å²) < 4.78 is 8.88. The quantitative estimate of drug-likeness (QED) is 0.181. The molecule has 0 aliphatic heterocycles. The first-order chi connectivity index (χ1) is 27.2. The third-order valence-electron chi connectivity index (χ3n) is 14.4. The highest BCUT2D eigenvalue weighted by Gasteiger charge is 2.61. The van der Waals surface area contributed by atoms with Crippen molar-refractivity contribution in [1.29, 1.82) is 0 Å². The van der Waals surface area contributed by atoms with Gasteiger partial charge in [-0.05, 0) is 145 Å². The SMILES string of the molecule is c1ccc2c(c1)-c1cc(N(c3ccc(-n4c5ccccc5c5ccccc54)cc3)c3ccc4c(c3)oc3ccccc34)ccc1C21C2CC3CC(C2)CC1C3. The Bertz CT molecular complexity index is 2940. The lowest BCUT2D eigenvalue weighted by molar-refractivity contribution is -0.0399. The molecule has 9 aromatic rings. The molecule has 5 aliphatic carbocycles. The van der Waals surface area contributed by atoms with Crippen molar-refractivity contribution in [2.24, 2.45) is 23.7 Å². The summed E-state index contributed by atoms with van der Waals surface area (Å²) in [5.41, 5.74) is 15.0. The van der Waals surface area contributed by atoms with E-state index in [1.54, 1.807) is 11.1 Å². The fourth-order valence-corrected chi connectivity index (χ4v) is 12.5. The van der Waals surface area contributed by atoms with Crippen LogP contribution in [0.4, 0.5) is 17.1 Å². The molecule has 1 spiro atoms. The highest BCUT2D eigenvalue weighted by molar-refractivity contribution is 6.09. The van der Waals surface area contributed by atoms with Crippen molar-refractivity contribution in [3.05, 3.63) is 169 Å². The molecular weight excluding hydrogens is 669 g/mol. The Morgan fingerprint density at radius 1 is 0.455 bits per heavy atom. The highest BCUT2D eigenvalue weighted by atomic mass is 16.3. The first kappa shape index (κ1) is 30.3. The van der Waals surface area contributed by atoms with E-state index in [0.717, 1.165) is 62.7 Å². The molecule has 4 saturated carbocycles. The molecule has 7 aromatic carbocycles. The number of nitrogens with zero attached hydrogens (tertiary/aromatic N) is 2. The number of anilines is 3. The Hall–Kier alpha value is -6.06. The minimum atomic E-state index is 0.153. The molecule has 0 unspecified atom stereocenters. The Morgan fingerprint density at radius 3 is 1.76 bits per heavy atom. The van der Waals surface area contributed by atoms with Crippen LogP contribution in [0.15, 0.2) is 162 Å². The van der Waals surface area contributed by atoms with Crippen LogP contribution in [0.3, 0.4) is 0 Å². The zero-order valence-electron chi connectivity index (χ0n) is 30.7. The molecule has 3 heteroatoms. The number of aromatic nitrogens is 1. The van der Waals surface area contributed by atoms with Gasteiger partial charge in [-0.25, -0.2) is 0 Å². The first-order valence-corrected chi connectivity index (χ1v) is 20.3. The second-order valence-electron chi connectivity index (χ2n) is 16.9. The monoisotopic (exact) mass is 708 g/mol. The number of furan rings is 1. The summed E-state index contributed by atoms with van der Waals surface area (Å²) >= 11 is 0. The maximum Gasteiger partial charge on any atom is 0.137 e. The molecule has 14 rings (SSSR count). The van der Waals surface area contributed by atoms with Crippen LogP contribution in [-0.2, 0) is 5.41 Å². The van der Waals surface area contributed by atoms with Gasteiger partial charge in [-0.3, -0.25) is 0 Å². The van der Waals surface area contributed by atoms with E-state index in [-0.39, 0.29) is 5.41 Å². The summed E-state index contributed by atoms with van der Waals surface area (Å²) in [6.07, 6.45) is 7.04. The Kier molecular flexibility index (Phi) is 6.06. The molecule has 2 heterocycles. The van der Waals surface area contributed by atoms with Crippen molar-refractivity contribution in [2.75, 3.05) is 4.90 Å². The summed E-state index contributed by atoms with van der Waals surface area (Å²) in [6.45, 7) is 0. The van der Waals surface area contributed by atoms with Gasteiger partial charge in [-0.1, -0.05) is 84.9 Å². The molecule has 0 radical (unpaired) electrons. The molecule has 4 fully saturated rings. The van der Waals surface area contributed by atoms with Crippen LogP contribution in [-0.4, -0.2) is 4.57 Å². The normalized spacial score (nSPS) is 23.3. The van der Waals surface area contributed by atoms with Crippen LogP contribution in [0.5, 0.6) is 0 Å². The van der Waals surface area contributed by atoms with Crippen LogP contribution in [0, 0.1) is 23.7 Å². The molecule has 0 atom stereocenters. The van der Waals surface area contributed by atoms with Crippen molar-refractivity contribution in [2.45, 2.75) is 37.5 Å². The van der Waals surface area contributed by atoms with E-state index >= 15 is 0 Å². The van der Waals surface area contributed by atoms with Crippen LogP contribution in [0.1, 0.15) is 43.2 Å². The van der Waals surface area contributed by atoms with E-state index in [1.165, 1.54) is 70.7 Å². The molecule has 4 bridgehead atoms. The lowest BCUT2D eigenvalue weighted by atomic mass is 9.43. The topological polar surface area (TPSA) is 21.3 Å². The number of hydrogen-bond donors (Lipinski definition) is 0. The zero-order chi connectivity index (χ0) is 35.8. The Balaban J connectivity index is 0.996.